The molecule has 4 heteroatoms. The lowest BCUT2D eigenvalue weighted by Gasteiger charge is -2.13. The molecule has 14 heavy (non-hydrogen) atoms. The van der Waals surface area contributed by atoms with Crippen molar-refractivity contribution in [1.82, 2.24) is 0 Å². The van der Waals surface area contributed by atoms with Crippen molar-refractivity contribution in [2.75, 3.05) is 18.1 Å². The Balaban J connectivity index is 4.03. The van der Waals surface area contributed by atoms with Gasteiger partial charge in [0, 0.05) is 6.54 Å². The average molecular weight is 221 g/mol. The smallest absolute Gasteiger partial charge is 0.151 e. The molecule has 3 nitrogen and oxygen atoms in total. The van der Waals surface area contributed by atoms with Crippen molar-refractivity contribution < 1.29 is 8.42 Å². The monoisotopic (exact) mass is 221 g/mol. The number of sulfone groups is 1. The van der Waals surface area contributed by atoms with Crippen LogP contribution >= 0.6 is 0 Å². The molecule has 0 saturated carbocycles. The number of unbranched alkanes of at least 4 members (excludes halogenated alkanes) is 1. The van der Waals surface area contributed by atoms with Gasteiger partial charge >= 0.3 is 0 Å². The molecule has 0 rings (SSSR count). The molecule has 1 unspecified atom stereocenters. The van der Waals surface area contributed by atoms with E-state index in [0.29, 0.717) is 11.7 Å². The summed E-state index contributed by atoms with van der Waals surface area (Å²) in [6.07, 6.45) is 4.23. The molecule has 2 N–H and O–H groups in total. The highest BCUT2D eigenvalue weighted by Crippen LogP contribution is 2.15. The van der Waals surface area contributed by atoms with Gasteiger partial charge in [-0.1, -0.05) is 33.1 Å². The Morgan fingerprint density at radius 3 is 2.36 bits per heavy atom. The number of rotatable bonds is 8. The third kappa shape index (κ3) is 6.38. The largest absolute Gasteiger partial charge is 0.329 e. The quantitative estimate of drug-likeness (QED) is 0.677. The molecular formula is C10H23NO2S. The van der Waals surface area contributed by atoms with E-state index in [-0.39, 0.29) is 12.3 Å². The first-order valence-electron chi connectivity index (χ1n) is 5.46. The highest BCUT2D eigenvalue weighted by molar-refractivity contribution is 7.91. The van der Waals surface area contributed by atoms with Crippen LogP contribution in [0.5, 0.6) is 0 Å². The molecule has 1 atom stereocenters. The Bertz CT molecular complexity index is 224. The van der Waals surface area contributed by atoms with Gasteiger partial charge in [-0.25, -0.2) is 8.42 Å². The minimum Gasteiger partial charge on any atom is -0.329 e. The molecule has 0 aliphatic carbocycles. The van der Waals surface area contributed by atoms with Crippen molar-refractivity contribution in [3.8, 4) is 0 Å². The van der Waals surface area contributed by atoms with Crippen LogP contribution in [-0.4, -0.2) is 26.5 Å². The van der Waals surface area contributed by atoms with Crippen LogP contribution in [0.1, 0.15) is 39.5 Å². The Morgan fingerprint density at radius 2 is 1.93 bits per heavy atom. The molecule has 0 aromatic heterocycles. The molecule has 0 heterocycles. The molecule has 0 spiro atoms. The molecule has 0 amide bonds. The van der Waals surface area contributed by atoms with Crippen LogP contribution in [-0.2, 0) is 9.84 Å². The molecular weight excluding hydrogens is 198 g/mol. The van der Waals surface area contributed by atoms with E-state index in [2.05, 4.69) is 13.8 Å². The molecule has 0 aromatic carbocycles. The van der Waals surface area contributed by atoms with Crippen molar-refractivity contribution >= 4 is 9.84 Å². The lowest BCUT2D eigenvalue weighted by Crippen LogP contribution is -2.23. The number of nitrogens with two attached hydrogens (primary N) is 1. The van der Waals surface area contributed by atoms with Gasteiger partial charge in [0.05, 0.1) is 11.5 Å². The van der Waals surface area contributed by atoms with E-state index in [9.17, 15) is 8.42 Å². The van der Waals surface area contributed by atoms with Crippen LogP contribution in [0.4, 0.5) is 0 Å². The van der Waals surface area contributed by atoms with Crippen LogP contribution in [0.25, 0.3) is 0 Å². The Morgan fingerprint density at radius 1 is 1.29 bits per heavy atom. The van der Waals surface area contributed by atoms with Gasteiger partial charge in [0.25, 0.3) is 0 Å². The first kappa shape index (κ1) is 13.9. The van der Waals surface area contributed by atoms with Crippen molar-refractivity contribution in [2.45, 2.75) is 39.5 Å². The third-order valence-corrected chi connectivity index (χ3v) is 4.30. The minimum atomic E-state index is -2.90. The first-order valence-corrected chi connectivity index (χ1v) is 7.28. The van der Waals surface area contributed by atoms with Gasteiger partial charge in [-0.05, 0) is 12.3 Å². The van der Waals surface area contributed by atoms with Gasteiger partial charge < -0.3 is 5.73 Å². The van der Waals surface area contributed by atoms with E-state index in [1.807, 2.05) is 0 Å². The summed E-state index contributed by atoms with van der Waals surface area (Å²) in [4.78, 5) is 0. The van der Waals surface area contributed by atoms with Crippen molar-refractivity contribution in [3.63, 3.8) is 0 Å². The summed E-state index contributed by atoms with van der Waals surface area (Å²) in [5.41, 5.74) is 5.25. The topological polar surface area (TPSA) is 60.2 Å². The Labute approximate surface area is 88.0 Å². The first-order chi connectivity index (χ1) is 6.55. The van der Waals surface area contributed by atoms with Crippen LogP contribution in [0.3, 0.4) is 0 Å². The molecule has 0 radical (unpaired) electrons. The summed E-state index contributed by atoms with van der Waals surface area (Å²) in [5, 5.41) is 0. The summed E-state index contributed by atoms with van der Waals surface area (Å²) < 4.78 is 23.0. The highest BCUT2D eigenvalue weighted by Gasteiger charge is 2.16. The van der Waals surface area contributed by atoms with E-state index in [1.54, 1.807) is 0 Å². The van der Waals surface area contributed by atoms with Crippen LogP contribution in [0, 0.1) is 5.92 Å². The zero-order valence-electron chi connectivity index (χ0n) is 9.33. The minimum absolute atomic E-state index is 0.135. The molecule has 0 bridgehead atoms. The Kier molecular flexibility index (Phi) is 7.19. The summed E-state index contributed by atoms with van der Waals surface area (Å²) in [6.45, 7) is 4.42. The van der Waals surface area contributed by atoms with Crippen molar-refractivity contribution in [1.29, 1.82) is 0 Å². The van der Waals surface area contributed by atoms with Crippen LogP contribution in [0.15, 0.2) is 0 Å². The second-order valence-electron chi connectivity index (χ2n) is 3.82. The van der Waals surface area contributed by atoms with Gasteiger partial charge in [-0.2, -0.15) is 0 Å². The molecule has 0 aliphatic rings. The summed E-state index contributed by atoms with van der Waals surface area (Å²) in [7, 11) is -2.90. The van der Waals surface area contributed by atoms with Gasteiger partial charge in [0.15, 0.2) is 9.84 Å². The maximum Gasteiger partial charge on any atom is 0.151 e. The Hall–Kier alpha value is -0.0900. The zero-order valence-corrected chi connectivity index (χ0v) is 10.1. The zero-order chi connectivity index (χ0) is 11.0. The molecule has 86 valence electrons. The maximum absolute atomic E-state index is 11.5. The van der Waals surface area contributed by atoms with Crippen LogP contribution < -0.4 is 5.73 Å². The fourth-order valence-electron chi connectivity index (χ4n) is 1.52. The normalized spacial score (nSPS) is 14.2. The predicted octanol–water partition coefficient (Wildman–Crippen LogP) is 1.58. The van der Waals surface area contributed by atoms with Crippen LogP contribution in [0.2, 0.25) is 0 Å². The maximum atomic E-state index is 11.5. The van der Waals surface area contributed by atoms with Gasteiger partial charge in [0.1, 0.15) is 0 Å². The van der Waals surface area contributed by atoms with E-state index < -0.39 is 9.84 Å². The van der Waals surface area contributed by atoms with E-state index in [4.69, 9.17) is 5.73 Å². The third-order valence-electron chi connectivity index (χ3n) is 2.46. The molecule has 0 aliphatic heterocycles. The fourth-order valence-corrected chi connectivity index (χ4v) is 3.17. The number of hydrogen-bond donors (Lipinski definition) is 1. The SMILES string of the molecule is CCCCC(CC)CS(=O)(=O)CCN. The molecule has 0 fully saturated rings. The lowest BCUT2D eigenvalue weighted by atomic mass is 10.0. The van der Waals surface area contributed by atoms with Crippen molar-refractivity contribution in [2.24, 2.45) is 11.7 Å². The second kappa shape index (κ2) is 7.23. The summed E-state index contributed by atoms with van der Waals surface area (Å²) in [6, 6.07) is 0. The van der Waals surface area contributed by atoms with E-state index in [1.165, 1.54) is 0 Å². The fraction of sp³-hybridized carbons (Fsp3) is 1.00. The molecule has 0 aromatic rings. The second-order valence-corrected chi connectivity index (χ2v) is 6.05. The van der Waals surface area contributed by atoms with Gasteiger partial charge in [0.2, 0.25) is 0 Å². The summed E-state index contributed by atoms with van der Waals surface area (Å²) in [5.74, 6) is 0.780. The number of hydrogen-bond acceptors (Lipinski definition) is 3. The predicted molar refractivity (Wildman–Crippen MR) is 61.0 cm³/mol. The highest BCUT2D eigenvalue weighted by atomic mass is 32.2. The van der Waals surface area contributed by atoms with E-state index >= 15 is 0 Å². The molecule has 0 saturated heterocycles. The average Bonchev–Trinajstić information content (AvgIpc) is 2.12. The lowest BCUT2D eigenvalue weighted by molar-refractivity contribution is 0.483. The van der Waals surface area contributed by atoms with E-state index in [0.717, 1.165) is 25.7 Å². The van der Waals surface area contributed by atoms with Crippen molar-refractivity contribution in [3.05, 3.63) is 0 Å². The standard InChI is InChI=1S/C10H23NO2S/c1-3-5-6-10(4-2)9-14(12,13)8-7-11/h10H,3-9,11H2,1-2H3. The summed E-state index contributed by atoms with van der Waals surface area (Å²) >= 11 is 0. The van der Waals surface area contributed by atoms with Gasteiger partial charge in [-0.3, -0.25) is 0 Å². The van der Waals surface area contributed by atoms with Gasteiger partial charge in [-0.15, -0.1) is 0 Å².